The number of hydrazone groups is 1. The van der Waals surface area contributed by atoms with Crippen molar-refractivity contribution >= 4 is 11.6 Å². The van der Waals surface area contributed by atoms with Gasteiger partial charge in [0.05, 0.1) is 5.71 Å². The predicted molar refractivity (Wildman–Crippen MR) is 112 cm³/mol. The summed E-state index contributed by atoms with van der Waals surface area (Å²) >= 11 is 0. The van der Waals surface area contributed by atoms with Crippen LogP contribution in [0.1, 0.15) is 36.1 Å². The number of carbonyl (C=O) groups is 1. The molecule has 0 heterocycles. The first-order chi connectivity index (χ1) is 13.6. The van der Waals surface area contributed by atoms with Gasteiger partial charge in [0.1, 0.15) is 0 Å². The van der Waals surface area contributed by atoms with E-state index in [4.69, 9.17) is 0 Å². The minimum Gasteiger partial charge on any atom is -0.372 e. The fraction of sp³-hybridized carbons (Fsp3) is 0.167. The van der Waals surface area contributed by atoms with Crippen molar-refractivity contribution in [1.29, 1.82) is 0 Å². The lowest BCUT2D eigenvalue weighted by molar-refractivity contribution is -0.136. The van der Waals surface area contributed by atoms with Gasteiger partial charge in [0.15, 0.2) is 5.60 Å². The number of aliphatic hydroxyl groups is 1. The van der Waals surface area contributed by atoms with Gasteiger partial charge in [0, 0.05) is 0 Å². The van der Waals surface area contributed by atoms with Gasteiger partial charge in [-0.2, -0.15) is 5.10 Å². The third-order valence-electron chi connectivity index (χ3n) is 4.82. The van der Waals surface area contributed by atoms with Crippen LogP contribution in [0.2, 0.25) is 0 Å². The monoisotopic (exact) mass is 372 g/mol. The Labute approximate surface area is 165 Å². The number of nitrogens with one attached hydrogen (secondary N) is 1. The summed E-state index contributed by atoms with van der Waals surface area (Å²) in [5, 5.41) is 15.6. The average Bonchev–Trinajstić information content (AvgIpc) is 2.77. The SMILES string of the molecule is CCc1ccc(C(C)=NNC(=O)C(O)(c2ccccc2)c2ccccc2)cc1. The first-order valence-electron chi connectivity index (χ1n) is 9.33. The maximum absolute atomic E-state index is 13.0. The Morgan fingerprint density at radius 3 is 1.86 bits per heavy atom. The minimum absolute atomic E-state index is 0.485. The Hall–Kier alpha value is -3.24. The molecule has 2 N–H and O–H groups in total. The second-order valence-electron chi connectivity index (χ2n) is 6.63. The summed E-state index contributed by atoms with van der Waals surface area (Å²) in [5.41, 5.74) is 4.50. The van der Waals surface area contributed by atoms with Crippen LogP contribution in [0.25, 0.3) is 0 Å². The molecule has 3 aromatic carbocycles. The molecule has 0 aromatic heterocycles. The Morgan fingerprint density at radius 2 is 1.39 bits per heavy atom. The zero-order valence-electron chi connectivity index (χ0n) is 16.1. The zero-order valence-corrected chi connectivity index (χ0v) is 16.1. The normalized spacial score (nSPS) is 11.9. The van der Waals surface area contributed by atoms with Gasteiger partial charge in [0.2, 0.25) is 0 Å². The highest BCUT2D eigenvalue weighted by molar-refractivity contribution is 6.00. The molecule has 1 amide bonds. The highest BCUT2D eigenvalue weighted by atomic mass is 16.3. The number of rotatable bonds is 6. The van der Waals surface area contributed by atoms with Crippen LogP contribution in [-0.2, 0) is 16.8 Å². The van der Waals surface area contributed by atoms with Crippen LogP contribution >= 0.6 is 0 Å². The molecule has 28 heavy (non-hydrogen) atoms. The van der Waals surface area contributed by atoms with Gasteiger partial charge < -0.3 is 5.11 Å². The summed E-state index contributed by atoms with van der Waals surface area (Å²) in [4.78, 5) is 13.0. The molecule has 142 valence electrons. The second-order valence-corrected chi connectivity index (χ2v) is 6.63. The van der Waals surface area contributed by atoms with Crippen molar-refractivity contribution in [1.82, 2.24) is 5.43 Å². The Morgan fingerprint density at radius 1 is 0.893 bits per heavy atom. The highest BCUT2D eigenvalue weighted by Crippen LogP contribution is 2.29. The number of carbonyl (C=O) groups excluding carboxylic acids is 1. The molecular formula is C24H24N2O2. The lowest BCUT2D eigenvalue weighted by Gasteiger charge is -2.27. The van der Waals surface area contributed by atoms with E-state index in [1.54, 1.807) is 48.5 Å². The van der Waals surface area contributed by atoms with E-state index in [-0.39, 0.29) is 0 Å². The molecule has 0 saturated carbocycles. The van der Waals surface area contributed by atoms with Gasteiger partial charge in [-0.15, -0.1) is 0 Å². The van der Waals surface area contributed by atoms with Crippen LogP contribution in [-0.4, -0.2) is 16.7 Å². The molecule has 0 aliphatic rings. The first kappa shape index (κ1) is 19.5. The van der Waals surface area contributed by atoms with Crippen molar-refractivity contribution in [2.45, 2.75) is 25.9 Å². The molecule has 0 spiro atoms. The standard InChI is InChI=1S/C24H24N2O2/c1-3-19-14-16-20(17-15-19)18(2)25-26-23(27)24(28,21-10-6-4-7-11-21)22-12-8-5-9-13-22/h4-17,28H,3H2,1-2H3,(H,26,27). The van der Waals surface area contributed by atoms with E-state index < -0.39 is 11.5 Å². The molecule has 0 atom stereocenters. The van der Waals surface area contributed by atoms with Crippen molar-refractivity contribution in [2.24, 2.45) is 5.10 Å². The van der Waals surface area contributed by atoms with Crippen molar-refractivity contribution in [2.75, 3.05) is 0 Å². The molecule has 0 radical (unpaired) electrons. The average molecular weight is 372 g/mol. The molecule has 4 heteroatoms. The van der Waals surface area contributed by atoms with E-state index >= 15 is 0 Å². The Bertz CT molecular complexity index is 909. The van der Waals surface area contributed by atoms with Crippen molar-refractivity contribution in [3.05, 3.63) is 107 Å². The smallest absolute Gasteiger partial charge is 0.281 e. The summed E-state index contributed by atoms with van der Waals surface area (Å²) in [5.74, 6) is -0.602. The predicted octanol–water partition coefficient (Wildman–Crippen LogP) is 4.03. The van der Waals surface area contributed by atoms with Crippen molar-refractivity contribution < 1.29 is 9.90 Å². The third kappa shape index (κ3) is 4.02. The maximum Gasteiger partial charge on any atom is 0.281 e. The lowest BCUT2D eigenvalue weighted by Crippen LogP contribution is -2.43. The summed E-state index contributed by atoms with van der Waals surface area (Å²) in [6, 6.07) is 25.8. The lowest BCUT2D eigenvalue weighted by atomic mass is 9.85. The van der Waals surface area contributed by atoms with Gasteiger partial charge in [-0.05, 0) is 35.6 Å². The fourth-order valence-corrected chi connectivity index (χ4v) is 3.05. The van der Waals surface area contributed by atoms with Crippen LogP contribution in [0.4, 0.5) is 0 Å². The van der Waals surface area contributed by atoms with Crippen LogP contribution < -0.4 is 5.43 Å². The van der Waals surface area contributed by atoms with Crippen LogP contribution in [0.3, 0.4) is 0 Å². The van der Waals surface area contributed by atoms with Crippen molar-refractivity contribution in [3.8, 4) is 0 Å². The molecular weight excluding hydrogens is 348 g/mol. The maximum atomic E-state index is 13.0. The van der Waals surface area contributed by atoms with E-state index in [2.05, 4.69) is 17.5 Å². The Kier molecular flexibility index (Phi) is 6.02. The molecule has 0 bridgehead atoms. The molecule has 0 aliphatic carbocycles. The second kappa shape index (κ2) is 8.63. The molecule has 0 saturated heterocycles. The fourth-order valence-electron chi connectivity index (χ4n) is 3.05. The molecule has 0 unspecified atom stereocenters. The van der Waals surface area contributed by atoms with Crippen LogP contribution in [0, 0.1) is 0 Å². The van der Waals surface area contributed by atoms with E-state index in [9.17, 15) is 9.90 Å². The molecule has 4 nitrogen and oxygen atoms in total. The van der Waals surface area contributed by atoms with Crippen LogP contribution in [0.5, 0.6) is 0 Å². The topological polar surface area (TPSA) is 61.7 Å². The van der Waals surface area contributed by atoms with E-state index in [0.29, 0.717) is 16.8 Å². The number of hydrogen-bond acceptors (Lipinski definition) is 3. The van der Waals surface area contributed by atoms with E-state index in [0.717, 1.165) is 12.0 Å². The van der Waals surface area contributed by atoms with Gasteiger partial charge in [0.25, 0.3) is 5.91 Å². The number of nitrogens with zero attached hydrogens (tertiary/aromatic N) is 1. The number of aryl methyl sites for hydroxylation is 1. The summed E-state index contributed by atoms with van der Waals surface area (Å²) in [6.07, 6.45) is 0.967. The third-order valence-corrected chi connectivity index (χ3v) is 4.82. The summed E-state index contributed by atoms with van der Waals surface area (Å²) < 4.78 is 0. The number of benzene rings is 3. The van der Waals surface area contributed by atoms with Gasteiger partial charge in [-0.3, -0.25) is 4.79 Å². The zero-order chi connectivity index (χ0) is 20.0. The number of amides is 1. The van der Waals surface area contributed by atoms with E-state index in [1.165, 1.54) is 5.56 Å². The quantitative estimate of drug-likeness (QED) is 0.507. The number of hydrogen-bond donors (Lipinski definition) is 2. The van der Waals surface area contributed by atoms with Gasteiger partial charge in [-0.25, -0.2) is 5.43 Å². The van der Waals surface area contributed by atoms with Crippen LogP contribution in [0.15, 0.2) is 90.0 Å². The largest absolute Gasteiger partial charge is 0.372 e. The Balaban J connectivity index is 1.90. The molecule has 3 rings (SSSR count). The molecule has 0 aliphatic heterocycles. The first-order valence-corrected chi connectivity index (χ1v) is 9.33. The highest BCUT2D eigenvalue weighted by Gasteiger charge is 2.39. The molecule has 3 aromatic rings. The van der Waals surface area contributed by atoms with Crippen molar-refractivity contribution in [3.63, 3.8) is 0 Å². The summed E-state index contributed by atoms with van der Waals surface area (Å²) in [6.45, 7) is 3.93. The summed E-state index contributed by atoms with van der Waals surface area (Å²) in [7, 11) is 0. The molecule has 0 fully saturated rings. The minimum atomic E-state index is -1.83. The van der Waals surface area contributed by atoms with Gasteiger partial charge in [-0.1, -0.05) is 91.9 Å². The van der Waals surface area contributed by atoms with E-state index in [1.807, 2.05) is 43.3 Å². The van der Waals surface area contributed by atoms with Gasteiger partial charge >= 0.3 is 0 Å².